The minimum absolute atomic E-state index is 0.00635. The van der Waals surface area contributed by atoms with Gasteiger partial charge in [-0.15, -0.1) is 39.5 Å². The molecule has 35 heteroatoms. The van der Waals surface area contributed by atoms with E-state index >= 15 is 0 Å². The summed E-state index contributed by atoms with van der Waals surface area (Å²) >= 11 is 9.76. The molecule has 3 aliphatic rings. The molecular formula is C59H47BBr3F9N8O11S3. The van der Waals surface area contributed by atoms with Gasteiger partial charge in [-0.05, 0) is 130 Å². The zero-order chi connectivity index (χ0) is 69.3. The van der Waals surface area contributed by atoms with Gasteiger partial charge >= 0.3 is 56.8 Å². The van der Waals surface area contributed by atoms with E-state index < -0.39 is 56.8 Å². The second-order valence-electron chi connectivity index (χ2n) is 19.5. The Morgan fingerprint density at radius 1 is 0.489 bits per heavy atom. The molecule has 0 fully saturated rings. The molecule has 94 heavy (non-hydrogen) atoms. The molecule has 0 radical (unpaired) electrons. The first-order valence-corrected chi connectivity index (χ1v) is 33.4. The molecule has 0 aromatic heterocycles. The van der Waals surface area contributed by atoms with Gasteiger partial charge in [0.15, 0.2) is 0 Å². The lowest BCUT2D eigenvalue weighted by Gasteiger charge is -2.19. The molecule has 0 aliphatic carbocycles. The van der Waals surface area contributed by atoms with Gasteiger partial charge in [0.25, 0.3) is 0 Å². The minimum atomic E-state index is -4.80. The Morgan fingerprint density at radius 3 is 1.31 bits per heavy atom. The van der Waals surface area contributed by atoms with Crippen molar-refractivity contribution in [1.82, 2.24) is 0 Å². The summed E-state index contributed by atoms with van der Waals surface area (Å²) in [5.74, 6) is -0.942. The van der Waals surface area contributed by atoms with E-state index in [1.165, 1.54) is 82.6 Å². The fourth-order valence-electron chi connectivity index (χ4n) is 8.79. The summed E-state index contributed by atoms with van der Waals surface area (Å²) in [4.78, 5) is 0. The summed E-state index contributed by atoms with van der Waals surface area (Å²) in [5, 5.41) is 35.9. The molecule has 494 valence electrons. The van der Waals surface area contributed by atoms with Crippen LogP contribution >= 0.6 is 47.8 Å². The van der Waals surface area contributed by atoms with E-state index in [0.29, 0.717) is 72.8 Å². The molecule has 3 N–H and O–H groups in total. The summed E-state index contributed by atoms with van der Waals surface area (Å²) in [6.07, 6.45) is -14.2. The number of benzene rings is 8. The van der Waals surface area contributed by atoms with Gasteiger partial charge in [-0.1, -0.05) is 127 Å². The summed E-state index contributed by atoms with van der Waals surface area (Å²) in [6.45, 7) is -0.0757. The van der Waals surface area contributed by atoms with E-state index in [1.54, 1.807) is 103 Å². The standard InChI is InChI=1S/C22H16F3N3O3S.C15H12BrF3N2O3S.C8H6BrF3O.C7H6BNO2.C7H7BrN2O2S/c1-27-21-12-16(19-5-3-2-4-17(19)13-26)8-11-20(21)28(32(27,29)30)14-15-6-9-18(10-7-15)31-22(23,24)25;1-20-14-8-11(16)4-7-13(14)21(25(20,22)23)9-10-2-5-12(6-3-10)24-15(17,18)19;9-5-6-1-3-7(4-2-6)13-8(10,11)12;9-5-6-3-1-2-4-7(6)8(10)11;1-10-7-4-5(8)2-3-6(7)9-13(10,11)12/h2-12H,14H2,1H3;2-8H,9H2,1H3;1-4H,5H2;1-4,10-11H;2-4,9H,1H3. The van der Waals surface area contributed by atoms with E-state index in [0.717, 1.165) is 47.4 Å². The normalized spacial score (nSPS) is 14.4. The largest absolute Gasteiger partial charge is 0.573 e. The fourth-order valence-corrected chi connectivity index (χ4v) is 13.7. The van der Waals surface area contributed by atoms with Crippen LogP contribution in [0.2, 0.25) is 0 Å². The van der Waals surface area contributed by atoms with Crippen LogP contribution in [0.5, 0.6) is 17.2 Å². The molecule has 8 aromatic rings. The molecule has 0 saturated carbocycles. The third kappa shape index (κ3) is 18.7. The van der Waals surface area contributed by atoms with Crippen molar-refractivity contribution < 1.29 is 89.0 Å². The zero-order valence-corrected chi connectivity index (χ0v) is 55.6. The number of alkyl halides is 10. The van der Waals surface area contributed by atoms with Gasteiger partial charge in [0.05, 0.1) is 70.5 Å². The van der Waals surface area contributed by atoms with E-state index in [2.05, 4.69) is 72.8 Å². The topological polar surface area (TPSA) is 246 Å². The van der Waals surface area contributed by atoms with Crippen molar-refractivity contribution >= 4 is 125 Å². The molecule has 0 amide bonds. The predicted octanol–water partition coefficient (Wildman–Crippen LogP) is 13.1. The van der Waals surface area contributed by atoms with E-state index in [1.807, 2.05) is 6.07 Å². The van der Waals surface area contributed by atoms with Crippen LogP contribution in [-0.2, 0) is 49.0 Å². The number of nitriles is 2. The lowest BCUT2D eigenvalue weighted by Crippen LogP contribution is -2.35. The first-order chi connectivity index (χ1) is 43.9. The van der Waals surface area contributed by atoms with Crippen LogP contribution in [0.15, 0.2) is 185 Å². The highest BCUT2D eigenvalue weighted by Crippen LogP contribution is 2.45. The average Bonchev–Trinajstić information content (AvgIpc) is 1.60. The zero-order valence-electron chi connectivity index (χ0n) is 48.4. The molecule has 0 spiro atoms. The first kappa shape index (κ1) is 73.0. The number of anilines is 6. The second-order valence-corrected chi connectivity index (χ2v) is 27.3. The van der Waals surface area contributed by atoms with E-state index in [9.17, 15) is 70.0 Å². The first-order valence-electron chi connectivity index (χ1n) is 26.4. The number of fused-ring (bicyclic) bond motifs is 3. The van der Waals surface area contributed by atoms with Crippen molar-refractivity contribution in [3.8, 4) is 40.5 Å². The Labute approximate surface area is 559 Å². The molecule has 3 heterocycles. The molecule has 0 bridgehead atoms. The number of hydrogen-bond donors (Lipinski definition) is 3. The second kappa shape index (κ2) is 29.9. The average molecular weight is 1560 g/mol. The van der Waals surface area contributed by atoms with Crippen molar-refractivity contribution in [3.05, 3.63) is 213 Å². The number of halogens is 12. The number of rotatable bonds is 10. The molecule has 0 atom stereocenters. The number of hydrogen-bond acceptors (Lipinski definition) is 13. The Kier molecular flexibility index (Phi) is 23.2. The summed E-state index contributed by atoms with van der Waals surface area (Å²) in [7, 11) is -8.15. The highest BCUT2D eigenvalue weighted by atomic mass is 79.9. The smallest absolute Gasteiger partial charge is 0.423 e. The van der Waals surface area contributed by atoms with Gasteiger partial charge in [-0.3, -0.25) is 17.6 Å². The monoisotopic (exact) mass is 1560 g/mol. The van der Waals surface area contributed by atoms with Gasteiger partial charge in [0, 0.05) is 35.4 Å². The van der Waals surface area contributed by atoms with Crippen molar-refractivity contribution in [1.29, 1.82) is 10.5 Å². The molecule has 0 unspecified atom stereocenters. The van der Waals surface area contributed by atoms with Gasteiger partial charge in [-0.2, -0.15) is 35.8 Å². The maximum Gasteiger partial charge on any atom is 0.573 e. The SMILES string of the molecule is CN1c2cc(-c3ccccc3C#N)ccc2N(Cc2ccc(OC(F)(F)F)cc2)S1(=O)=O.CN1c2cc(Br)ccc2N(Cc2ccc(OC(F)(F)F)cc2)S1(=O)=O.CN1c2cc(Br)ccc2NS1(=O)=O.FC(F)(F)Oc1ccc(CBr)cc1.N#Cc1ccccc1B(O)O. The summed E-state index contributed by atoms with van der Waals surface area (Å²) < 4.78 is 204. The highest BCUT2D eigenvalue weighted by molar-refractivity contribution is 9.10. The number of ether oxygens (including phenoxy) is 3. The Balaban J connectivity index is 0.000000178. The molecule has 19 nitrogen and oxygen atoms in total. The van der Waals surface area contributed by atoms with Crippen LogP contribution in [-0.4, -0.2) is 82.6 Å². The van der Waals surface area contributed by atoms with Crippen molar-refractivity contribution in [2.24, 2.45) is 0 Å². The molecular weight excluding hydrogens is 1510 g/mol. The Bertz CT molecular complexity index is 4470. The van der Waals surface area contributed by atoms with E-state index in [4.69, 9.17) is 15.3 Å². The maximum atomic E-state index is 13.0. The third-order valence-electron chi connectivity index (χ3n) is 13.3. The summed E-state index contributed by atoms with van der Waals surface area (Å²) in [6, 6.07) is 48.6. The van der Waals surface area contributed by atoms with Crippen LogP contribution in [0.3, 0.4) is 0 Å². The molecule has 11 rings (SSSR count). The Morgan fingerprint density at radius 2 is 0.883 bits per heavy atom. The highest BCUT2D eigenvalue weighted by Gasteiger charge is 2.40. The van der Waals surface area contributed by atoms with Crippen LogP contribution < -0.4 is 45.9 Å². The third-order valence-corrected chi connectivity index (χ3v) is 19.8. The van der Waals surface area contributed by atoms with Crippen LogP contribution in [0.25, 0.3) is 11.1 Å². The molecule has 8 aromatic carbocycles. The fraction of sp³-hybridized carbons (Fsp3) is 0.153. The minimum Gasteiger partial charge on any atom is -0.423 e. The Hall–Kier alpha value is -8.42. The van der Waals surface area contributed by atoms with Crippen LogP contribution in [0.4, 0.5) is 73.6 Å². The lowest BCUT2D eigenvalue weighted by atomic mass is 9.77. The van der Waals surface area contributed by atoms with Crippen molar-refractivity contribution in [2.75, 3.05) is 47.4 Å². The van der Waals surface area contributed by atoms with Crippen molar-refractivity contribution in [3.63, 3.8) is 0 Å². The van der Waals surface area contributed by atoms with Gasteiger partial charge in [0.1, 0.15) is 17.2 Å². The van der Waals surface area contributed by atoms with Gasteiger partial charge in [0.2, 0.25) is 0 Å². The summed E-state index contributed by atoms with van der Waals surface area (Å²) in [5.41, 5.74) is 7.47. The van der Waals surface area contributed by atoms with E-state index in [-0.39, 0.29) is 35.8 Å². The maximum absolute atomic E-state index is 13.0. The van der Waals surface area contributed by atoms with Gasteiger partial charge < -0.3 is 24.3 Å². The lowest BCUT2D eigenvalue weighted by molar-refractivity contribution is -0.275. The van der Waals surface area contributed by atoms with Crippen LogP contribution in [0.1, 0.15) is 27.8 Å². The molecule has 3 aliphatic heterocycles. The van der Waals surface area contributed by atoms with Crippen LogP contribution in [0, 0.1) is 22.7 Å². The quantitative estimate of drug-likeness (QED) is 0.0656. The molecule has 0 saturated heterocycles. The number of nitrogens with one attached hydrogen (secondary N) is 1. The predicted molar refractivity (Wildman–Crippen MR) is 346 cm³/mol. The van der Waals surface area contributed by atoms with Crippen molar-refractivity contribution in [2.45, 2.75) is 37.5 Å². The van der Waals surface area contributed by atoms with Gasteiger partial charge in [-0.25, -0.2) is 8.61 Å². The number of nitrogens with zero attached hydrogens (tertiary/aromatic N) is 7.